The molecule has 246 valence electrons. The highest BCUT2D eigenvalue weighted by Gasteiger charge is 2.20. The Morgan fingerprint density at radius 3 is 1.81 bits per heavy atom. The van der Waals surface area contributed by atoms with Crippen LogP contribution in [0.3, 0.4) is 0 Å². The van der Waals surface area contributed by atoms with Gasteiger partial charge in [0, 0.05) is 38.0 Å². The molecule has 0 aliphatic heterocycles. The largest absolute Gasteiger partial charge is 0.456 e. The van der Waals surface area contributed by atoms with Gasteiger partial charge in [-0.05, 0) is 87.9 Å². The van der Waals surface area contributed by atoms with Crippen LogP contribution in [0.1, 0.15) is 0 Å². The van der Waals surface area contributed by atoms with Crippen LogP contribution in [0, 0.1) is 0 Å². The third-order valence-corrected chi connectivity index (χ3v) is 11.3. The predicted molar refractivity (Wildman–Crippen MR) is 223 cm³/mol. The summed E-state index contributed by atoms with van der Waals surface area (Å²) in [4.78, 5) is 0. The molecule has 0 aliphatic carbocycles. The van der Waals surface area contributed by atoms with E-state index in [1.807, 2.05) is 6.07 Å². The summed E-state index contributed by atoms with van der Waals surface area (Å²) in [5.41, 5.74) is 11.3. The highest BCUT2D eigenvalue weighted by molar-refractivity contribution is 6.20. The van der Waals surface area contributed by atoms with Crippen LogP contribution in [0.2, 0.25) is 0 Å². The van der Waals surface area contributed by atoms with Gasteiger partial charge in [0.05, 0.1) is 33.1 Å². The standard InChI is InChI=1S/C50H30N2O/c1-2-12-33-28-36(24-20-31(33)10-1)51-44-26-22-35(30-42(44)39-25-21-32-11-3-4-13-37(32)50(39)51)34-23-27-45-41(29-34)38-14-5-7-16-43(38)52(45)46-17-9-19-48-49(46)40-15-6-8-18-47(40)53-48/h1-30H. The Morgan fingerprint density at radius 2 is 0.962 bits per heavy atom. The van der Waals surface area contributed by atoms with E-state index in [4.69, 9.17) is 4.42 Å². The first-order valence-corrected chi connectivity index (χ1v) is 18.2. The van der Waals surface area contributed by atoms with Crippen molar-refractivity contribution in [3.8, 4) is 22.5 Å². The van der Waals surface area contributed by atoms with Crippen molar-refractivity contribution in [3.63, 3.8) is 0 Å². The van der Waals surface area contributed by atoms with E-state index >= 15 is 0 Å². The first kappa shape index (κ1) is 28.6. The number of hydrogen-bond acceptors (Lipinski definition) is 1. The zero-order valence-corrected chi connectivity index (χ0v) is 28.6. The Bertz CT molecular complexity index is 3470. The Balaban J connectivity index is 1.10. The van der Waals surface area contributed by atoms with Gasteiger partial charge in [-0.2, -0.15) is 0 Å². The molecule has 9 aromatic carbocycles. The summed E-state index contributed by atoms with van der Waals surface area (Å²) >= 11 is 0. The van der Waals surface area contributed by atoms with Gasteiger partial charge in [0.1, 0.15) is 11.2 Å². The van der Waals surface area contributed by atoms with Gasteiger partial charge in [-0.1, -0.05) is 121 Å². The van der Waals surface area contributed by atoms with E-state index < -0.39 is 0 Å². The number of aromatic nitrogens is 2. The van der Waals surface area contributed by atoms with Gasteiger partial charge in [-0.25, -0.2) is 0 Å². The molecule has 3 aromatic heterocycles. The van der Waals surface area contributed by atoms with E-state index in [0.29, 0.717) is 0 Å². The van der Waals surface area contributed by atoms with Gasteiger partial charge >= 0.3 is 0 Å². The smallest absolute Gasteiger partial charge is 0.137 e. The van der Waals surface area contributed by atoms with E-state index in [-0.39, 0.29) is 0 Å². The van der Waals surface area contributed by atoms with Crippen LogP contribution in [-0.4, -0.2) is 9.13 Å². The highest BCUT2D eigenvalue weighted by atomic mass is 16.3. The summed E-state index contributed by atoms with van der Waals surface area (Å²) in [6.07, 6.45) is 0. The van der Waals surface area contributed by atoms with Crippen molar-refractivity contribution in [2.45, 2.75) is 0 Å². The zero-order chi connectivity index (χ0) is 34.6. The van der Waals surface area contributed by atoms with Gasteiger partial charge in [-0.3, -0.25) is 0 Å². The summed E-state index contributed by atoms with van der Waals surface area (Å²) < 4.78 is 11.2. The fraction of sp³-hybridized carbons (Fsp3) is 0. The molecule has 0 atom stereocenters. The zero-order valence-electron chi connectivity index (χ0n) is 28.6. The van der Waals surface area contributed by atoms with Crippen LogP contribution in [-0.2, 0) is 0 Å². The Morgan fingerprint density at radius 1 is 0.340 bits per heavy atom. The van der Waals surface area contributed by atoms with E-state index in [1.165, 1.54) is 82.0 Å². The molecular formula is C50H30N2O. The van der Waals surface area contributed by atoms with Gasteiger partial charge in [0.25, 0.3) is 0 Å². The molecule has 3 heteroatoms. The first-order valence-electron chi connectivity index (χ1n) is 18.2. The van der Waals surface area contributed by atoms with Gasteiger partial charge in [-0.15, -0.1) is 0 Å². The number of rotatable bonds is 3. The average molecular weight is 675 g/mol. The van der Waals surface area contributed by atoms with Crippen LogP contribution in [0.25, 0.3) is 110 Å². The molecule has 0 radical (unpaired) electrons. The Kier molecular flexibility index (Phi) is 5.77. The Hall–Kier alpha value is -7.10. The summed E-state index contributed by atoms with van der Waals surface area (Å²) in [5.74, 6) is 0. The minimum Gasteiger partial charge on any atom is -0.456 e. The first-order chi connectivity index (χ1) is 26.3. The van der Waals surface area contributed by atoms with Crippen molar-refractivity contribution in [1.29, 1.82) is 0 Å². The summed E-state index contributed by atoms with van der Waals surface area (Å²) in [7, 11) is 0. The van der Waals surface area contributed by atoms with Crippen molar-refractivity contribution in [3.05, 3.63) is 182 Å². The maximum Gasteiger partial charge on any atom is 0.137 e. The van der Waals surface area contributed by atoms with Gasteiger partial charge in [0.2, 0.25) is 0 Å². The molecule has 12 aromatic rings. The number of hydrogen-bond donors (Lipinski definition) is 0. The fourth-order valence-electron chi connectivity index (χ4n) is 8.90. The number of benzene rings is 9. The van der Waals surface area contributed by atoms with E-state index in [2.05, 4.69) is 185 Å². The van der Waals surface area contributed by atoms with Gasteiger partial charge in [0.15, 0.2) is 0 Å². The fourth-order valence-corrected chi connectivity index (χ4v) is 8.90. The molecule has 0 unspecified atom stereocenters. The Labute approximate surface area is 304 Å². The second kappa shape index (κ2) is 10.7. The number of fused-ring (bicyclic) bond motifs is 12. The maximum atomic E-state index is 6.32. The molecule has 0 saturated heterocycles. The third-order valence-electron chi connectivity index (χ3n) is 11.3. The van der Waals surface area contributed by atoms with Crippen LogP contribution in [0.5, 0.6) is 0 Å². The lowest BCUT2D eigenvalue weighted by molar-refractivity contribution is 0.669. The van der Waals surface area contributed by atoms with Crippen LogP contribution >= 0.6 is 0 Å². The van der Waals surface area contributed by atoms with Crippen LogP contribution in [0.15, 0.2) is 186 Å². The number of nitrogens with zero attached hydrogens (tertiary/aromatic N) is 2. The lowest BCUT2D eigenvalue weighted by Gasteiger charge is -2.11. The summed E-state index contributed by atoms with van der Waals surface area (Å²) in [5, 5.41) is 12.2. The number of furan rings is 1. The lowest BCUT2D eigenvalue weighted by Crippen LogP contribution is -1.95. The van der Waals surface area contributed by atoms with E-state index in [9.17, 15) is 0 Å². The molecule has 3 nitrogen and oxygen atoms in total. The second-order valence-electron chi connectivity index (χ2n) is 14.1. The number of para-hydroxylation sites is 2. The van der Waals surface area contributed by atoms with Crippen LogP contribution in [0.4, 0.5) is 0 Å². The molecule has 0 spiro atoms. The van der Waals surface area contributed by atoms with Crippen molar-refractivity contribution in [2.75, 3.05) is 0 Å². The van der Waals surface area contributed by atoms with Gasteiger partial charge < -0.3 is 13.6 Å². The molecule has 0 N–H and O–H groups in total. The van der Waals surface area contributed by atoms with Crippen molar-refractivity contribution >= 4 is 87.1 Å². The van der Waals surface area contributed by atoms with E-state index in [0.717, 1.165) is 27.6 Å². The summed E-state index contributed by atoms with van der Waals surface area (Å²) in [6, 6.07) is 66.2. The molecule has 0 aliphatic rings. The minimum atomic E-state index is 0.898. The quantitative estimate of drug-likeness (QED) is 0.183. The molecule has 0 saturated carbocycles. The topological polar surface area (TPSA) is 23.0 Å². The van der Waals surface area contributed by atoms with Crippen molar-refractivity contribution in [2.24, 2.45) is 0 Å². The highest BCUT2D eigenvalue weighted by Crippen LogP contribution is 2.42. The molecule has 0 fully saturated rings. The molecule has 0 bridgehead atoms. The second-order valence-corrected chi connectivity index (χ2v) is 14.1. The molecule has 53 heavy (non-hydrogen) atoms. The van der Waals surface area contributed by atoms with Crippen LogP contribution < -0.4 is 0 Å². The monoisotopic (exact) mass is 674 g/mol. The molecule has 3 heterocycles. The molecule has 12 rings (SSSR count). The van der Waals surface area contributed by atoms with E-state index in [1.54, 1.807) is 0 Å². The normalized spacial score (nSPS) is 12.2. The SMILES string of the molecule is c1ccc2cc(-n3c4ccc(-c5ccc6c(c5)c5ccccc5n6-c5cccc6oc7ccccc7c56)cc4c4ccc5ccccc5c43)ccc2c1. The third kappa shape index (κ3) is 4.05. The predicted octanol–water partition coefficient (Wildman–Crippen LogP) is 13.8. The maximum absolute atomic E-state index is 6.32. The summed E-state index contributed by atoms with van der Waals surface area (Å²) in [6.45, 7) is 0. The molecular weight excluding hydrogens is 645 g/mol. The average Bonchev–Trinajstić information content (AvgIpc) is 3.88. The molecule has 0 amide bonds. The van der Waals surface area contributed by atoms with Crippen molar-refractivity contribution < 1.29 is 4.42 Å². The lowest BCUT2D eigenvalue weighted by atomic mass is 10.00. The van der Waals surface area contributed by atoms with Crippen molar-refractivity contribution in [1.82, 2.24) is 9.13 Å². The minimum absolute atomic E-state index is 0.898.